The zero-order valence-corrected chi connectivity index (χ0v) is 26.4. The molecule has 1 unspecified atom stereocenters. The van der Waals surface area contributed by atoms with Crippen LogP contribution in [0.2, 0.25) is 10.0 Å². The molecule has 2 amide bonds. The van der Waals surface area contributed by atoms with Crippen LogP contribution < -0.4 is 14.4 Å². The first-order valence-corrected chi connectivity index (χ1v) is 16.3. The van der Waals surface area contributed by atoms with Gasteiger partial charge in [0.2, 0.25) is 21.8 Å². The van der Waals surface area contributed by atoms with Crippen molar-refractivity contribution in [2.24, 2.45) is 0 Å². The number of carbonyl (C=O) groups is 2. The molecule has 8 nitrogen and oxygen atoms in total. The number of carbonyl (C=O) groups excluding carboxylic acids is 2. The van der Waals surface area contributed by atoms with Crippen molar-refractivity contribution in [1.82, 2.24) is 10.2 Å². The number of hydrogen-bond acceptors (Lipinski definition) is 5. The molecule has 0 fully saturated rings. The molecule has 3 aromatic rings. The van der Waals surface area contributed by atoms with Gasteiger partial charge in [0.1, 0.15) is 11.8 Å². The molecule has 0 bridgehead atoms. The van der Waals surface area contributed by atoms with Gasteiger partial charge in [-0.15, -0.1) is 0 Å². The van der Waals surface area contributed by atoms with E-state index >= 15 is 0 Å². The van der Waals surface area contributed by atoms with Crippen molar-refractivity contribution in [3.63, 3.8) is 0 Å². The van der Waals surface area contributed by atoms with Crippen LogP contribution >= 0.6 is 23.2 Å². The van der Waals surface area contributed by atoms with E-state index in [0.29, 0.717) is 40.0 Å². The van der Waals surface area contributed by atoms with Crippen molar-refractivity contribution in [3.05, 3.63) is 94.0 Å². The first-order valence-electron chi connectivity index (χ1n) is 13.7. The van der Waals surface area contributed by atoms with Crippen molar-refractivity contribution in [2.45, 2.75) is 45.2 Å². The molecular formula is C31H37Cl2N3O5S. The molecule has 0 aliphatic heterocycles. The maximum atomic E-state index is 13.9. The second-order valence-corrected chi connectivity index (χ2v) is 12.6. The lowest BCUT2D eigenvalue weighted by molar-refractivity contribution is -0.141. The molecule has 0 aromatic heterocycles. The van der Waals surface area contributed by atoms with Crippen LogP contribution in [-0.2, 0) is 32.6 Å². The highest BCUT2D eigenvalue weighted by Crippen LogP contribution is 2.26. The Balaban J connectivity index is 1.90. The molecule has 3 rings (SSSR count). The Morgan fingerprint density at radius 2 is 1.74 bits per heavy atom. The largest absolute Gasteiger partial charge is 0.497 e. The summed E-state index contributed by atoms with van der Waals surface area (Å²) in [5.74, 6) is -0.0499. The van der Waals surface area contributed by atoms with E-state index in [1.165, 1.54) is 16.3 Å². The summed E-state index contributed by atoms with van der Waals surface area (Å²) in [6, 6.07) is 20.4. The average molecular weight is 635 g/mol. The summed E-state index contributed by atoms with van der Waals surface area (Å²) >= 11 is 12.6. The summed E-state index contributed by atoms with van der Waals surface area (Å²) in [6.45, 7) is 2.58. The van der Waals surface area contributed by atoms with Crippen LogP contribution in [0.25, 0.3) is 0 Å². The van der Waals surface area contributed by atoms with Gasteiger partial charge in [-0.25, -0.2) is 8.42 Å². The molecule has 0 aliphatic carbocycles. The Kier molecular flexibility index (Phi) is 12.5. The predicted octanol–water partition coefficient (Wildman–Crippen LogP) is 5.71. The fourth-order valence-electron chi connectivity index (χ4n) is 4.52. The number of hydrogen-bond donors (Lipinski definition) is 1. The van der Waals surface area contributed by atoms with E-state index in [1.807, 2.05) is 37.3 Å². The van der Waals surface area contributed by atoms with Crippen LogP contribution in [0.15, 0.2) is 72.8 Å². The normalized spacial score (nSPS) is 11.9. The first kappa shape index (κ1) is 33.2. The molecule has 226 valence electrons. The molecule has 0 aliphatic rings. The van der Waals surface area contributed by atoms with Gasteiger partial charge in [0, 0.05) is 48.6 Å². The van der Waals surface area contributed by atoms with Gasteiger partial charge in [-0.3, -0.25) is 13.9 Å². The number of benzene rings is 3. The summed E-state index contributed by atoms with van der Waals surface area (Å²) in [5.41, 5.74) is 1.98. The standard InChI is InChI=1S/C31H37Cl2N3O5S/c1-4-17-34-31(38)29(19-23-10-6-5-7-11-23)35(22-24-15-16-25(32)20-28(24)33)30(37)14-9-18-36(42(3,39)40)26-12-8-13-27(21-26)41-2/h5-8,10-13,15-16,20-21,29H,4,9,14,17-19,22H2,1-3H3,(H,34,38). The molecule has 0 spiro atoms. The van der Waals surface area contributed by atoms with Crippen molar-refractivity contribution < 1.29 is 22.7 Å². The number of amides is 2. The lowest BCUT2D eigenvalue weighted by Gasteiger charge is -2.32. The summed E-state index contributed by atoms with van der Waals surface area (Å²) < 4.78 is 31.8. The third kappa shape index (κ3) is 9.64. The number of ether oxygens (including phenoxy) is 1. The van der Waals surface area contributed by atoms with E-state index in [1.54, 1.807) is 42.5 Å². The van der Waals surface area contributed by atoms with Crippen molar-refractivity contribution in [1.29, 1.82) is 0 Å². The number of methoxy groups -OCH3 is 1. The minimum Gasteiger partial charge on any atom is -0.497 e. The minimum atomic E-state index is -3.64. The molecule has 11 heteroatoms. The summed E-state index contributed by atoms with van der Waals surface area (Å²) in [4.78, 5) is 28.9. The van der Waals surface area contributed by atoms with E-state index in [2.05, 4.69) is 5.32 Å². The lowest BCUT2D eigenvalue weighted by atomic mass is 10.0. The van der Waals surface area contributed by atoms with Crippen molar-refractivity contribution in [3.8, 4) is 5.75 Å². The predicted molar refractivity (Wildman–Crippen MR) is 169 cm³/mol. The SMILES string of the molecule is CCCNC(=O)C(Cc1ccccc1)N(Cc1ccc(Cl)cc1Cl)C(=O)CCCN(c1cccc(OC)c1)S(C)(=O)=O. The first-order chi connectivity index (χ1) is 20.0. The zero-order chi connectivity index (χ0) is 30.7. The molecule has 0 saturated heterocycles. The quantitative estimate of drug-likeness (QED) is 0.231. The molecule has 0 heterocycles. The highest BCUT2D eigenvalue weighted by Gasteiger charge is 2.31. The van der Waals surface area contributed by atoms with Crippen LogP contribution in [-0.4, -0.2) is 57.6 Å². The van der Waals surface area contributed by atoms with E-state index in [-0.39, 0.29) is 37.7 Å². The highest BCUT2D eigenvalue weighted by atomic mass is 35.5. The molecule has 1 N–H and O–H groups in total. The van der Waals surface area contributed by atoms with Crippen LogP contribution in [0.4, 0.5) is 5.69 Å². The van der Waals surface area contributed by atoms with Gasteiger partial charge in [0.25, 0.3) is 0 Å². The Morgan fingerprint density at radius 3 is 2.38 bits per heavy atom. The van der Waals surface area contributed by atoms with Gasteiger partial charge in [-0.05, 0) is 48.2 Å². The number of nitrogens with one attached hydrogen (secondary N) is 1. The second-order valence-electron chi connectivity index (χ2n) is 9.89. The van der Waals surface area contributed by atoms with Crippen LogP contribution in [0.1, 0.15) is 37.3 Å². The van der Waals surface area contributed by atoms with E-state index < -0.39 is 16.1 Å². The van der Waals surface area contributed by atoms with Gasteiger partial charge in [0.15, 0.2) is 0 Å². The van der Waals surface area contributed by atoms with Gasteiger partial charge < -0.3 is 15.0 Å². The number of anilines is 1. The van der Waals surface area contributed by atoms with Crippen LogP contribution in [0.3, 0.4) is 0 Å². The van der Waals surface area contributed by atoms with Crippen molar-refractivity contribution >= 4 is 50.7 Å². The smallest absolute Gasteiger partial charge is 0.243 e. The van der Waals surface area contributed by atoms with Gasteiger partial charge in [-0.1, -0.05) is 72.6 Å². The van der Waals surface area contributed by atoms with Crippen LogP contribution in [0.5, 0.6) is 5.75 Å². The molecule has 1 atom stereocenters. The third-order valence-corrected chi connectivity index (χ3v) is 8.45. The number of nitrogens with zero attached hydrogens (tertiary/aromatic N) is 2. The Labute approximate surface area is 258 Å². The van der Waals surface area contributed by atoms with Crippen molar-refractivity contribution in [2.75, 3.05) is 30.8 Å². The number of halogens is 2. The molecule has 0 radical (unpaired) electrons. The van der Waals surface area contributed by atoms with E-state index in [9.17, 15) is 18.0 Å². The number of rotatable bonds is 15. The maximum Gasteiger partial charge on any atom is 0.243 e. The topological polar surface area (TPSA) is 96.0 Å². The van der Waals surface area contributed by atoms with E-state index in [0.717, 1.165) is 18.2 Å². The number of sulfonamides is 1. The zero-order valence-electron chi connectivity index (χ0n) is 24.1. The van der Waals surface area contributed by atoms with Gasteiger partial charge in [0.05, 0.1) is 19.1 Å². The molecular weight excluding hydrogens is 597 g/mol. The fourth-order valence-corrected chi connectivity index (χ4v) is 5.95. The minimum absolute atomic E-state index is 0.00748. The highest BCUT2D eigenvalue weighted by molar-refractivity contribution is 7.92. The van der Waals surface area contributed by atoms with Gasteiger partial charge >= 0.3 is 0 Å². The lowest BCUT2D eigenvalue weighted by Crippen LogP contribution is -2.50. The Bertz CT molecular complexity index is 1450. The summed E-state index contributed by atoms with van der Waals surface area (Å²) in [7, 11) is -2.13. The molecule has 42 heavy (non-hydrogen) atoms. The van der Waals surface area contributed by atoms with Crippen LogP contribution in [0, 0.1) is 0 Å². The fraction of sp³-hybridized carbons (Fsp3) is 0.355. The summed E-state index contributed by atoms with van der Waals surface area (Å²) in [6.07, 6.45) is 2.40. The average Bonchev–Trinajstić information content (AvgIpc) is 2.96. The van der Waals surface area contributed by atoms with E-state index in [4.69, 9.17) is 27.9 Å². The second kappa shape index (κ2) is 15.8. The maximum absolute atomic E-state index is 13.9. The summed E-state index contributed by atoms with van der Waals surface area (Å²) in [5, 5.41) is 3.78. The third-order valence-electron chi connectivity index (χ3n) is 6.67. The Hall–Kier alpha value is -3.27. The Morgan fingerprint density at radius 1 is 1.00 bits per heavy atom. The molecule has 3 aromatic carbocycles. The monoisotopic (exact) mass is 633 g/mol. The van der Waals surface area contributed by atoms with Gasteiger partial charge in [-0.2, -0.15) is 0 Å². The molecule has 0 saturated carbocycles.